The molecule has 22 heteroatoms. The van der Waals surface area contributed by atoms with E-state index in [9.17, 15) is 70.9 Å². The van der Waals surface area contributed by atoms with E-state index >= 15 is 0 Å². The molecule has 4 aromatic rings. The summed E-state index contributed by atoms with van der Waals surface area (Å²) >= 11 is 0. The van der Waals surface area contributed by atoms with Crippen LogP contribution in [0.5, 0.6) is 34.5 Å². The molecule has 3 saturated heterocycles. The summed E-state index contributed by atoms with van der Waals surface area (Å²) in [6.45, 7) is 2.05. The Hall–Kier alpha value is -5.60. The van der Waals surface area contributed by atoms with Crippen LogP contribution in [0.25, 0.3) is 28.4 Å². The second-order valence-corrected chi connectivity index (χ2v) is 15.4. The maximum atomic E-state index is 14.4. The molecule has 64 heavy (non-hydrogen) atoms. The van der Waals surface area contributed by atoms with Gasteiger partial charge in [0.05, 0.1) is 12.2 Å². The smallest absolute Gasteiger partial charge is 0.330 e. The molecule has 0 radical (unpaired) electrons. The highest BCUT2D eigenvalue weighted by Gasteiger charge is 2.51. The van der Waals surface area contributed by atoms with E-state index < -0.39 is 144 Å². The van der Waals surface area contributed by atoms with Gasteiger partial charge in [0.15, 0.2) is 29.7 Å². The number of hydrogen-bond acceptors (Lipinski definition) is 22. The van der Waals surface area contributed by atoms with Crippen molar-refractivity contribution in [2.45, 2.75) is 106 Å². The predicted molar refractivity (Wildman–Crippen MR) is 213 cm³/mol. The Labute approximate surface area is 361 Å². The van der Waals surface area contributed by atoms with Crippen LogP contribution in [0.4, 0.5) is 0 Å². The van der Waals surface area contributed by atoms with E-state index in [-0.39, 0.29) is 22.6 Å². The number of aromatic hydroxyl groups is 4. The maximum absolute atomic E-state index is 14.4. The molecule has 0 saturated carbocycles. The molecule has 0 aliphatic carbocycles. The molecule has 3 aliphatic rings. The summed E-state index contributed by atoms with van der Waals surface area (Å²) in [5.74, 6) is -4.43. The number of phenolic OH excluding ortho intramolecular Hbond substituents is 4. The SMILES string of the molecule is CC1OC(Oc2cc(O)c3c(=O)c(OC4OC(C)C(O)C(O)C4OC4OC(COC(=O)C=Cc5ccc(O)cc5)C(O)C(O)C4O)c(-c4ccc(O)c(O)c4)oc3c2)C(O)C(O)C1O. The number of carbonyl (C=O) groups is 1. The normalized spacial score (nSPS) is 33.2. The van der Waals surface area contributed by atoms with Gasteiger partial charge in [-0.25, -0.2) is 4.79 Å². The summed E-state index contributed by atoms with van der Waals surface area (Å²) in [4.78, 5) is 26.9. The lowest BCUT2D eigenvalue weighted by Gasteiger charge is -2.45. The number of carbonyl (C=O) groups excluding carboxylic acids is 1. The van der Waals surface area contributed by atoms with Crippen molar-refractivity contribution in [3.63, 3.8) is 0 Å². The lowest BCUT2D eigenvalue weighted by atomic mass is 9.97. The van der Waals surface area contributed by atoms with E-state index in [1.165, 1.54) is 50.3 Å². The van der Waals surface area contributed by atoms with Crippen LogP contribution in [0.3, 0.4) is 0 Å². The molecule has 22 nitrogen and oxygen atoms in total. The fourth-order valence-electron chi connectivity index (χ4n) is 7.17. The molecular formula is C42H46O22. The average molecular weight is 903 g/mol. The number of hydrogen-bond donors (Lipinski definition) is 12. The molecule has 4 heterocycles. The van der Waals surface area contributed by atoms with Crippen molar-refractivity contribution in [2.75, 3.05) is 6.61 Å². The number of esters is 1. The molecule has 12 N–H and O–H groups in total. The van der Waals surface area contributed by atoms with E-state index in [2.05, 4.69) is 0 Å². The van der Waals surface area contributed by atoms with Gasteiger partial charge in [-0.15, -0.1) is 0 Å². The van der Waals surface area contributed by atoms with Crippen molar-refractivity contribution >= 4 is 23.0 Å². The van der Waals surface area contributed by atoms with Crippen LogP contribution in [0, 0.1) is 0 Å². The van der Waals surface area contributed by atoms with Crippen molar-refractivity contribution in [3.05, 3.63) is 76.5 Å². The van der Waals surface area contributed by atoms with Crippen molar-refractivity contribution in [3.8, 4) is 45.8 Å². The zero-order valence-electron chi connectivity index (χ0n) is 33.7. The lowest BCUT2D eigenvalue weighted by Crippen LogP contribution is -2.64. The molecule has 3 aliphatic heterocycles. The van der Waals surface area contributed by atoms with Gasteiger partial charge < -0.3 is 98.9 Å². The Kier molecular flexibility index (Phi) is 13.7. The fourth-order valence-corrected chi connectivity index (χ4v) is 7.17. The second kappa shape index (κ2) is 18.9. The topological polar surface area (TPSA) is 355 Å². The summed E-state index contributed by atoms with van der Waals surface area (Å²) in [7, 11) is 0. The lowest BCUT2D eigenvalue weighted by molar-refractivity contribution is -0.355. The minimum absolute atomic E-state index is 0.00583. The zero-order valence-corrected chi connectivity index (χ0v) is 33.7. The van der Waals surface area contributed by atoms with Crippen LogP contribution < -0.4 is 14.9 Å². The van der Waals surface area contributed by atoms with Gasteiger partial charge in [-0.1, -0.05) is 12.1 Å². The largest absolute Gasteiger partial charge is 0.508 e. The van der Waals surface area contributed by atoms with E-state index in [4.69, 9.17) is 37.6 Å². The second-order valence-electron chi connectivity index (χ2n) is 15.4. The molecule has 0 bridgehead atoms. The molecular weight excluding hydrogens is 856 g/mol. The summed E-state index contributed by atoms with van der Waals surface area (Å²) in [5.41, 5.74) is -1.08. The van der Waals surface area contributed by atoms with Crippen molar-refractivity contribution in [2.24, 2.45) is 0 Å². The molecule has 3 aromatic carbocycles. The van der Waals surface area contributed by atoms with Crippen LogP contribution in [-0.4, -0.2) is 166 Å². The number of fused-ring (bicyclic) bond motifs is 1. The molecule has 0 amide bonds. The number of aliphatic hydroxyl groups excluding tert-OH is 8. The molecule has 15 atom stereocenters. The van der Waals surface area contributed by atoms with Gasteiger partial charge in [0, 0.05) is 23.8 Å². The summed E-state index contributed by atoms with van der Waals surface area (Å²) < 4.78 is 45.8. The highest BCUT2D eigenvalue weighted by molar-refractivity contribution is 5.89. The molecule has 0 spiro atoms. The minimum atomic E-state index is -2.05. The summed E-state index contributed by atoms with van der Waals surface area (Å²) in [6.07, 6.45) is -23.2. The standard InChI is InChI=1S/C42H46O22/c1-15-28(48)32(52)35(55)40(58-15)60-20-12-23(46)27-24(13-20)61-37(18-6-9-21(44)22(45)11-18)38(31(27)51)63-42-39(34(54)29(49)16(2)59-42)64-41-36(56)33(53)30(50)25(62-41)14-57-26(47)10-5-17-3-7-19(43)8-4-17/h3-13,15-16,25,28-30,32-36,39-46,48-50,52-56H,14H2,1-2H3. The van der Waals surface area contributed by atoms with Gasteiger partial charge in [-0.05, 0) is 55.8 Å². The van der Waals surface area contributed by atoms with Gasteiger partial charge >= 0.3 is 5.97 Å². The fraction of sp³-hybridized carbons (Fsp3) is 0.429. The van der Waals surface area contributed by atoms with Gasteiger partial charge in [0.25, 0.3) is 0 Å². The first-order chi connectivity index (χ1) is 30.3. The Morgan fingerprint density at radius 2 is 1.30 bits per heavy atom. The molecule has 15 unspecified atom stereocenters. The Morgan fingerprint density at radius 1 is 0.656 bits per heavy atom. The van der Waals surface area contributed by atoms with E-state index in [0.717, 1.165) is 30.3 Å². The van der Waals surface area contributed by atoms with Crippen molar-refractivity contribution in [1.82, 2.24) is 0 Å². The quantitative estimate of drug-likeness (QED) is 0.0477. The number of aliphatic hydroxyl groups is 8. The monoisotopic (exact) mass is 902 g/mol. The van der Waals surface area contributed by atoms with Crippen LogP contribution in [0.1, 0.15) is 19.4 Å². The molecule has 1 aromatic heterocycles. The van der Waals surface area contributed by atoms with Crippen LogP contribution in [0.2, 0.25) is 0 Å². The highest BCUT2D eigenvalue weighted by atomic mass is 16.8. The number of ether oxygens (including phenoxy) is 7. The third kappa shape index (κ3) is 9.44. The molecule has 346 valence electrons. The third-order valence-corrected chi connectivity index (χ3v) is 10.9. The molecule has 7 rings (SSSR count). The average Bonchev–Trinajstić information content (AvgIpc) is 3.26. The minimum Gasteiger partial charge on any atom is -0.508 e. The van der Waals surface area contributed by atoms with E-state index in [1.807, 2.05) is 0 Å². The zero-order chi connectivity index (χ0) is 46.3. The van der Waals surface area contributed by atoms with Crippen molar-refractivity contribution in [1.29, 1.82) is 0 Å². The highest BCUT2D eigenvalue weighted by Crippen LogP contribution is 2.41. The third-order valence-electron chi connectivity index (χ3n) is 10.9. The molecule has 3 fully saturated rings. The van der Waals surface area contributed by atoms with Crippen LogP contribution >= 0.6 is 0 Å². The first kappa shape index (κ1) is 46.4. The Morgan fingerprint density at radius 3 is 1.98 bits per heavy atom. The van der Waals surface area contributed by atoms with Crippen molar-refractivity contribution < 1.29 is 104 Å². The number of benzene rings is 3. The first-order valence-corrected chi connectivity index (χ1v) is 19.7. The van der Waals surface area contributed by atoms with Gasteiger partial charge in [-0.2, -0.15) is 0 Å². The number of rotatable bonds is 11. The predicted octanol–water partition coefficient (Wildman–Crippen LogP) is -1.22. The van der Waals surface area contributed by atoms with Gasteiger partial charge in [0.2, 0.25) is 23.8 Å². The van der Waals surface area contributed by atoms with Crippen LogP contribution in [0.15, 0.2) is 69.9 Å². The summed E-state index contributed by atoms with van der Waals surface area (Å²) in [5, 5.41) is 126. The van der Waals surface area contributed by atoms with Crippen LogP contribution in [-0.2, 0) is 28.5 Å². The van der Waals surface area contributed by atoms with Gasteiger partial charge in [-0.3, -0.25) is 4.79 Å². The maximum Gasteiger partial charge on any atom is 0.330 e. The first-order valence-electron chi connectivity index (χ1n) is 19.7. The Bertz CT molecular complexity index is 2390. The van der Waals surface area contributed by atoms with E-state index in [1.54, 1.807) is 0 Å². The summed E-state index contributed by atoms with van der Waals surface area (Å²) in [6, 6.07) is 11.1. The number of phenols is 4. The Balaban J connectivity index is 1.19. The van der Waals surface area contributed by atoms with Gasteiger partial charge in [0.1, 0.15) is 89.8 Å². The van der Waals surface area contributed by atoms with E-state index in [0.29, 0.717) is 5.56 Å².